The van der Waals surface area contributed by atoms with Crippen molar-refractivity contribution < 1.29 is 4.42 Å². The van der Waals surface area contributed by atoms with Gasteiger partial charge in [-0.2, -0.15) is 0 Å². The van der Waals surface area contributed by atoms with Crippen LogP contribution in [0.15, 0.2) is 199 Å². The van der Waals surface area contributed by atoms with Gasteiger partial charge in [0.1, 0.15) is 11.2 Å². The molecule has 52 heavy (non-hydrogen) atoms. The van der Waals surface area contributed by atoms with Gasteiger partial charge in [0.05, 0.1) is 0 Å². The number of fused-ring (bicyclic) bond motifs is 6. The Morgan fingerprint density at radius 2 is 0.750 bits per heavy atom. The average Bonchev–Trinajstić information content (AvgIpc) is 3.77. The van der Waals surface area contributed by atoms with Crippen LogP contribution in [0, 0.1) is 0 Å². The van der Waals surface area contributed by atoms with Gasteiger partial charge in [-0.25, -0.2) is 0 Å². The third-order valence-electron chi connectivity index (χ3n) is 9.83. The Balaban J connectivity index is 1.14. The Hall–Kier alpha value is -6.62. The maximum Gasteiger partial charge on any atom is 0.137 e. The van der Waals surface area contributed by atoms with Crippen LogP contribution < -0.4 is 9.80 Å². The van der Waals surface area contributed by atoms with E-state index in [9.17, 15) is 0 Å². The Morgan fingerprint density at radius 1 is 0.308 bits per heavy atom. The molecule has 0 aliphatic heterocycles. The minimum Gasteiger partial charge on any atom is -0.456 e. The van der Waals surface area contributed by atoms with E-state index >= 15 is 0 Å². The average molecular weight is 685 g/mol. The van der Waals surface area contributed by atoms with E-state index in [0.29, 0.717) is 0 Å². The normalized spacial score (nSPS) is 11.5. The van der Waals surface area contributed by atoms with Crippen LogP contribution in [0.2, 0.25) is 0 Å². The summed E-state index contributed by atoms with van der Waals surface area (Å²) in [7, 11) is 0. The molecule has 0 N–H and O–H groups in total. The second-order valence-corrected chi connectivity index (χ2v) is 14.1. The number of nitrogens with zero attached hydrogens (tertiary/aromatic N) is 2. The van der Waals surface area contributed by atoms with Crippen molar-refractivity contribution in [1.29, 1.82) is 0 Å². The van der Waals surface area contributed by atoms with E-state index in [-0.39, 0.29) is 0 Å². The Morgan fingerprint density at radius 3 is 1.38 bits per heavy atom. The number of benzene rings is 8. The highest BCUT2D eigenvalue weighted by Crippen LogP contribution is 2.44. The number of rotatable bonds is 7. The summed E-state index contributed by atoms with van der Waals surface area (Å²) < 4.78 is 8.91. The SMILES string of the molecule is c1ccc(-c2ccc(N(c3ccc4c(c3)oc3ccccc34)c3ccc4sc5ccc(N(c6ccccc6)c6ccccc6)cc5c4c3)cc2)cc1. The number of thiophene rings is 1. The lowest BCUT2D eigenvalue weighted by Gasteiger charge is -2.26. The van der Waals surface area contributed by atoms with Crippen molar-refractivity contribution in [3.8, 4) is 11.1 Å². The molecule has 8 aromatic carbocycles. The molecule has 246 valence electrons. The van der Waals surface area contributed by atoms with E-state index in [0.717, 1.165) is 56.1 Å². The lowest BCUT2D eigenvalue weighted by atomic mass is 10.0. The Kier molecular flexibility index (Phi) is 7.33. The number of para-hydroxylation sites is 3. The third-order valence-corrected chi connectivity index (χ3v) is 11.0. The Bertz CT molecular complexity index is 2800. The van der Waals surface area contributed by atoms with Crippen molar-refractivity contribution >= 4 is 87.6 Å². The summed E-state index contributed by atoms with van der Waals surface area (Å²) in [5.41, 5.74) is 10.7. The van der Waals surface area contributed by atoms with Gasteiger partial charge in [0.15, 0.2) is 0 Å². The molecule has 2 heterocycles. The number of hydrogen-bond donors (Lipinski definition) is 0. The molecule has 0 aliphatic rings. The predicted octanol–water partition coefficient (Wildman–Crippen LogP) is 14.6. The summed E-state index contributed by atoms with van der Waals surface area (Å²) >= 11 is 1.84. The van der Waals surface area contributed by atoms with Gasteiger partial charge in [-0.15, -0.1) is 11.3 Å². The molecule has 0 bridgehead atoms. The van der Waals surface area contributed by atoms with Gasteiger partial charge in [-0.05, 0) is 102 Å². The molecule has 3 nitrogen and oxygen atoms in total. The molecule has 0 saturated carbocycles. The molecule has 4 heteroatoms. The van der Waals surface area contributed by atoms with Gasteiger partial charge < -0.3 is 14.2 Å². The molecule has 0 aliphatic carbocycles. The van der Waals surface area contributed by atoms with Crippen molar-refractivity contribution in [2.45, 2.75) is 0 Å². The minimum absolute atomic E-state index is 0.873. The fourth-order valence-electron chi connectivity index (χ4n) is 7.37. The monoisotopic (exact) mass is 684 g/mol. The zero-order valence-electron chi connectivity index (χ0n) is 28.2. The second kappa shape index (κ2) is 12.6. The molecule has 10 aromatic rings. The highest BCUT2D eigenvalue weighted by Gasteiger charge is 2.19. The van der Waals surface area contributed by atoms with E-state index < -0.39 is 0 Å². The van der Waals surface area contributed by atoms with Crippen molar-refractivity contribution in [2.75, 3.05) is 9.80 Å². The minimum atomic E-state index is 0.873. The van der Waals surface area contributed by atoms with Crippen LogP contribution in [-0.4, -0.2) is 0 Å². The van der Waals surface area contributed by atoms with Crippen LogP contribution in [-0.2, 0) is 0 Å². The molecule has 10 rings (SSSR count). The summed E-state index contributed by atoms with van der Waals surface area (Å²) in [5.74, 6) is 0. The van der Waals surface area contributed by atoms with E-state index in [2.05, 4.69) is 192 Å². The number of hydrogen-bond acceptors (Lipinski definition) is 4. The van der Waals surface area contributed by atoms with Crippen LogP contribution in [0.5, 0.6) is 0 Å². The van der Waals surface area contributed by atoms with Crippen LogP contribution in [0.4, 0.5) is 34.1 Å². The molecule has 0 unspecified atom stereocenters. The maximum absolute atomic E-state index is 6.39. The number of anilines is 6. The molecule has 0 atom stereocenters. The predicted molar refractivity (Wildman–Crippen MR) is 221 cm³/mol. The second-order valence-electron chi connectivity index (χ2n) is 13.0. The first-order valence-corrected chi connectivity index (χ1v) is 18.3. The topological polar surface area (TPSA) is 19.6 Å². The third kappa shape index (κ3) is 5.29. The highest BCUT2D eigenvalue weighted by atomic mass is 32.1. The quantitative estimate of drug-likeness (QED) is 0.167. The van der Waals surface area contributed by atoms with Crippen LogP contribution >= 0.6 is 11.3 Å². The van der Waals surface area contributed by atoms with E-state index in [1.165, 1.54) is 31.3 Å². The van der Waals surface area contributed by atoms with Gasteiger partial charge in [-0.1, -0.05) is 97.1 Å². The summed E-state index contributed by atoms with van der Waals surface area (Å²) in [6.07, 6.45) is 0. The van der Waals surface area contributed by atoms with Crippen molar-refractivity contribution in [1.82, 2.24) is 0 Å². The van der Waals surface area contributed by atoms with Crippen molar-refractivity contribution in [2.24, 2.45) is 0 Å². The smallest absolute Gasteiger partial charge is 0.137 e. The first-order valence-electron chi connectivity index (χ1n) is 17.5. The molecule has 0 saturated heterocycles. The Labute approximate surface area is 305 Å². The van der Waals surface area contributed by atoms with E-state index in [1.807, 2.05) is 23.5 Å². The highest BCUT2D eigenvalue weighted by molar-refractivity contribution is 7.25. The standard InChI is InChI=1S/C48H32N2OS/c1-4-12-33(13-5-1)34-20-22-37(23-21-34)50(40-24-27-42-41-18-10-11-19-45(41)51-46(42)32-40)39-26-29-48-44(31-39)43-30-38(25-28-47(43)52-48)49(35-14-6-2-7-15-35)36-16-8-3-9-17-36/h1-32H. The summed E-state index contributed by atoms with van der Waals surface area (Å²) in [6, 6.07) is 69.1. The molecular formula is C48H32N2OS. The summed E-state index contributed by atoms with van der Waals surface area (Å²) in [6.45, 7) is 0. The molecular weight excluding hydrogens is 653 g/mol. The maximum atomic E-state index is 6.39. The molecule has 0 fully saturated rings. The van der Waals surface area contributed by atoms with Crippen molar-refractivity contribution in [3.63, 3.8) is 0 Å². The first kappa shape index (κ1) is 30.2. The molecule has 0 spiro atoms. The fourth-order valence-corrected chi connectivity index (χ4v) is 8.43. The van der Waals surface area contributed by atoms with Gasteiger partial charge in [-0.3, -0.25) is 0 Å². The van der Waals surface area contributed by atoms with E-state index in [4.69, 9.17) is 4.42 Å². The van der Waals surface area contributed by atoms with Crippen molar-refractivity contribution in [3.05, 3.63) is 194 Å². The van der Waals surface area contributed by atoms with Gasteiger partial charge in [0, 0.05) is 71.1 Å². The van der Waals surface area contributed by atoms with Crippen LogP contribution in [0.1, 0.15) is 0 Å². The largest absolute Gasteiger partial charge is 0.456 e. The zero-order valence-corrected chi connectivity index (χ0v) is 29.0. The first-order chi connectivity index (χ1) is 25.8. The molecule has 2 aromatic heterocycles. The van der Waals surface area contributed by atoms with Gasteiger partial charge in [0.25, 0.3) is 0 Å². The van der Waals surface area contributed by atoms with Crippen LogP contribution in [0.3, 0.4) is 0 Å². The summed E-state index contributed by atoms with van der Waals surface area (Å²) in [4.78, 5) is 4.67. The lowest BCUT2D eigenvalue weighted by Crippen LogP contribution is -2.10. The lowest BCUT2D eigenvalue weighted by molar-refractivity contribution is 0.669. The van der Waals surface area contributed by atoms with Gasteiger partial charge >= 0.3 is 0 Å². The van der Waals surface area contributed by atoms with E-state index in [1.54, 1.807) is 0 Å². The summed E-state index contributed by atoms with van der Waals surface area (Å²) in [5, 5.41) is 4.72. The van der Waals surface area contributed by atoms with Crippen LogP contribution in [0.25, 0.3) is 53.2 Å². The molecule has 0 amide bonds. The zero-order chi connectivity index (χ0) is 34.4. The molecule has 0 radical (unpaired) electrons. The van der Waals surface area contributed by atoms with Gasteiger partial charge in [0.2, 0.25) is 0 Å². The number of furan rings is 1. The fraction of sp³-hybridized carbons (Fsp3) is 0.